The molecule has 1 atom stereocenters. The second-order valence-corrected chi connectivity index (χ2v) is 4.41. The molecule has 1 aliphatic rings. The van der Waals surface area contributed by atoms with Gasteiger partial charge in [0.05, 0.1) is 0 Å². The van der Waals surface area contributed by atoms with E-state index in [0.717, 1.165) is 5.56 Å². The van der Waals surface area contributed by atoms with E-state index in [-0.39, 0.29) is 17.7 Å². The SMILES string of the molecule is C[C@H]1CC(=O)NN1Cc1ccc(OC(F)(F)F)cc1. The van der Waals surface area contributed by atoms with E-state index >= 15 is 0 Å². The lowest BCUT2D eigenvalue weighted by Crippen LogP contribution is -2.36. The Morgan fingerprint density at radius 1 is 1.37 bits per heavy atom. The molecule has 1 heterocycles. The zero-order chi connectivity index (χ0) is 14.0. The Hall–Kier alpha value is -1.76. The fourth-order valence-electron chi connectivity index (χ4n) is 1.88. The lowest BCUT2D eigenvalue weighted by Gasteiger charge is -2.20. The van der Waals surface area contributed by atoms with Crippen LogP contribution in [-0.4, -0.2) is 23.3 Å². The molecule has 0 saturated carbocycles. The molecular weight excluding hydrogens is 261 g/mol. The summed E-state index contributed by atoms with van der Waals surface area (Å²) in [5.41, 5.74) is 3.48. The van der Waals surface area contributed by atoms with Crippen LogP contribution >= 0.6 is 0 Å². The van der Waals surface area contributed by atoms with Crippen molar-refractivity contribution in [3.8, 4) is 5.75 Å². The van der Waals surface area contributed by atoms with E-state index < -0.39 is 6.36 Å². The molecule has 0 spiro atoms. The maximum Gasteiger partial charge on any atom is 0.573 e. The third kappa shape index (κ3) is 3.85. The lowest BCUT2D eigenvalue weighted by molar-refractivity contribution is -0.274. The predicted octanol–water partition coefficient (Wildman–Crippen LogP) is 2.21. The van der Waals surface area contributed by atoms with Crippen molar-refractivity contribution < 1.29 is 22.7 Å². The third-order valence-corrected chi connectivity index (χ3v) is 2.79. The van der Waals surface area contributed by atoms with Crippen LogP contribution in [0.5, 0.6) is 5.75 Å². The van der Waals surface area contributed by atoms with E-state index in [2.05, 4.69) is 10.2 Å². The molecule has 0 aliphatic carbocycles. The number of hydrogen-bond acceptors (Lipinski definition) is 3. The summed E-state index contributed by atoms with van der Waals surface area (Å²) in [4.78, 5) is 11.2. The third-order valence-electron chi connectivity index (χ3n) is 2.79. The fourth-order valence-corrected chi connectivity index (χ4v) is 1.88. The normalized spacial score (nSPS) is 20.4. The second-order valence-electron chi connectivity index (χ2n) is 4.41. The molecule has 0 aromatic heterocycles. The minimum absolute atomic E-state index is 0.0514. The first-order valence-corrected chi connectivity index (χ1v) is 5.74. The highest BCUT2D eigenvalue weighted by molar-refractivity contribution is 5.77. The Bertz CT molecular complexity index is 459. The van der Waals surface area contributed by atoms with Crippen molar-refractivity contribution in [1.82, 2.24) is 10.4 Å². The van der Waals surface area contributed by atoms with Crippen molar-refractivity contribution in [2.75, 3.05) is 0 Å². The first kappa shape index (κ1) is 13.7. The number of alkyl halides is 3. The molecule has 0 bridgehead atoms. The second kappa shape index (κ2) is 5.08. The minimum Gasteiger partial charge on any atom is -0.406 e. The number of amides is 1. The summed E-state index contributed by atoms with van der Waals surface area (Å²) in [6.45, 7) is 2.35. The molecule has 4 nitrogen and oxygen atoms in total. The number of hydrazine groups is 1. The van der Waals surface area contributed by atoms with Crippen molar-refractivity contribution in [2.45, 2.75) is 32.3 Å². The number of nitrogens with zero attached hydrogens (tertiary/aromatic N) is 1. The van der Waals surface area contributed by atoms with Gasteiger partial charge in [-0.05, 0) is 24.6 Å². The average molecular weight is 274 g/mol. The van der Waals surface area contributed by atoms with Gasteiger partial charge in [-0.3, -0.25) is 10.2 Å². The lowest BCUT2D eigenvalue weighted by atomic mass is 10.2. The summed E-state index contributed by atoms with van der Waals surface area (Å²) in [6.07, 6.45) is -4.26. The van der Waals surface area contributed by atoms with Gasteiger partial charge in [-0.25, -0.2) is 5.01 Å². The van der Waals surface area contributed by atoms with E-state index in [1.54, 1.807) is 5.01 Å². The molecule has 1 saturated heterocycles. The molecule has 1 aromatic rings. The minimum atomic E-state index is -4.68. The van der Waals surface area contributed by atoms with Gasteiger partial charge in [0.1, 0.15) is 5.75 Å². The van der Waals surface area contributed by atoms with Crippen LogP contribution in [0.25, 0.3) is 0 Å². The van der Waals surface area contributed by atoms with E-state index in [4.69, 9.17) is 0 Å². The van der Waals surface area contributed by atoms with Gasteiger partial charge in [0.25, 0.3) is 0 Å². The van der Waals surface area contributed by atoms with E-state index in [1.807, 2.05) is 6.92 Å². The zero-order valence-corrected chi connectivity index (χ0v) is 10.2. The van der Waals surface area contributed by atoms with Gasteiger partial charge in [-0.1, -0.05) is 12.1 Å². The van der Waals surface area contributed by atoms with Crippen LogP contribution < -0.4 is 10.2 Å². The number of halogens is 3. The first-order valence-electron chi connectivity index (χ1n) is 5.74. The number of nitrogens with one attached hydrogen (secondary N) is 1. The molecule has 1 amide bonds. The predicted molar refractivity (Wildman–Crippen MR) is 60.9 cm³/mol. The number of benzene rings is 1. The van der Waals surface area contributed by atoms with Gasteiger partial charge in [-0.15, -0.1) is 13.2 Å². The number of carbonyl (C=O) groups excluding carboxylic acids is 1. The van der Waals surface area contributed by atoms with Crippen LogP contribution in [0, 0.1) is 0 Å². The number of carbonyl (C=O) groups is 1. The molecule has 0 radical (unpaired) electrons. The van der Waals surface area contributed by atoms with Gasteiger partial charge >= 0.3 is 6.36 Å². The van der Waals surface area contributed by atoms with E-state index in [9.17, 15) is 18.0 Å². The monoisotopic (exact) mass is 274 g/mol. The summed E-state index contributed by atoms with van der Waals surface area (Å²) >= 11 is 0. The summed E-state index contributed by atoms with van der Waals surface area (Å²) in [5, 5.41) is 1.75. The van der Waals surface area contributed by atoms with Gasteiger partial charge in [-0.2, -0.15) is 0 Å². The van der Waals surface area contributed by atoms with E-state index in [0.29, 0.717) is 13.0 Å². The molecule has 1 aromatic carbocycles. The van der Waals surface area contributed by atoms with Gasteiger partial charge in [0.2, 0.25) is 5.91 Å². The molecule has 1 fully saturated rings. The van der Waals surface area contributed by atoms with Crippen molar-refractivity contribution in [3.05, 3.63) is 29.8 Å². The Morgan fingerprint density at radius 3 is 2.47 bits per heavy atom. The van der Waals surface area contributed by atoms with Gasteiger partial charge in [0.15, 0.2) is 0 Å². The van der Waals surface area contributed by atoms with Crippen LogP contribution in [0.4, 0.5) is 13.2 Å². The zero-order valence-electron chi connectivity index (χ0n) is 10.2. The van der Waals surface area contributed by atoms with Crippen LogP contribution in [0.3, 0.4) is 0 Å². The highest BCUT2D eigenvalue weighted by atomic mass is 19.4. The number of ether oxygens (including phenoxy) is 1. The largest absolute Gasteiger partial charge is 0.573 e. The van der Waals surface area contributed by atoms with Crippen molar-refractivity contribution in [1.29, 1.82) is 0 Å². The van der Waals surface area contributed by atoms with Crippen molar-refractivity contribution in [2.24, 2.45) is 0 Å². The summed E-state index contributed by atoms with van der Waals surface area (Å²) in [7, 11) is 0. The van der Waals surface area contributed by atoms with Crippen molar-refractivity contribution in [3.63, 3.8) is 0 Å². The summed E-state index contributed by atoms with van der Waals surface area (Å²) in [5.74, 6) is -0.306. The molecule has 0 unspecified atom stereocenters. The van der Waals surface area contributed by atoms with Crippen LogP contribution in [0.2, 0.25) is 0 Å². The topological polar surface area (TPSA) is 41.6 Å². The van der Waals surface area contributed by atoms with Gasteiger partial charge in [0, 0.05) is 19.0 Å². The highest BCUT2D eigenvalue weighted by Gasteiger charge is 2.31. The smallest absolute Gasteiger partial charge is 0.406 e. The molecule has 19 heavy (non-hydrogen) atoms. The molecule has 1 aliphatic heterocycles. The fraction of sp³-hybridized carbons (Fsp3) is 0.417. The molecule has 2 rings (SSSR count). The highest BCUT2D eigenvalue weighted by Crippen LogP contribution is 2.23. The number of rotatable bonds is 3. The molecule has 104 valence electrons. The quantitative estimate of drug-likeness (QED) is 0.918. The van der Waals surface area contributed by atoms with Crippen molar-refractivity contribution >= 4 is 5.91 Å². The summed E-state index contributed by atoms with van der Waals surface area (Å²) < 4.78 is 39.7. The Morgan fingerprint density at radius 2 is 2.00 bits per heavy atom. The Balaban J connectivity index is 1.97. The Labute approximate surface area is 108 Å². The standard InChI is InChI=1S/C12H13F3N2O2/c1-8-6-11(18)16-17(8)7-9-2-4-10(5-3-9)19-12(13,14)15/h2-5,8H,6-7H2,1H3,(H,16,18)/t8-/m0/s1. The van der Waals surface area contributed by atoms with E-state index in [1.165, 1.54) is 24.3 Å². The Kier molecular flexibility index (Phi) is 3.66. The van der Waals surface area contributed by atoms with Gasteiger partial charge < -0.3 is 4.74 Å². The molecule has 7 heteroatoms. The molecular formula is C12H13F3N2O2. The van der Waals surface area contributed by atoms with Crippen LogP contribution in [-0.2, 0) is 11.3 Å². The summed E-state index contributed by atoms with van der Waals surface area (Å²) in [6, 6.07) is 5.66. The number of hydrogen-bond donors (Lipinski definition) is 1. The molecule has 1 N–H and O–H groups in total. The van der Waals surface area contributed by atoms with Crippen LogP contribution in [0.15, 0.2) is 24.3 Å². The first-order chi connectivity index (χ1) is 8.83. The average Bonchev–Trinajstić information content (AvgIpc) is 2.58. The maximum absolute atomic E-state index is 12.0. The maximum atomic E-state index is 12.0. The van der Waals surface area contributed by atoms with Crippen LogP contribution in [0.1, 0.15) is 18.9 Å².